The second-order valence-electron chi connectivity index (χ2n) is 8.34. The number of nitrogens with zero attached hydrogens (tertiary/aromatic N) is 3. The van der Waals surface area contributed by atoms with Crippen LogP contribution in [0.5, 0.6) is 11.5 Å². The Balaban J connectivity index is 1.98. The van der Waals surface area contributed by atoms with Gasteiger partial charge in [0.05, 0.1) is 51.2 Å². The first-order valence-electron chi connectivity index (χ1n) is 11.5. The number of carbonyl (C=O) groups is 1. The molecule has 10 nitrogen and oxygen atoms in total. The largest absolute Gasteiger partial charge is 0.493 e. The van der Waals surface area contributed by atoms with Crippen molar-refractivity contribution in [2.75, 3.05) is 20.8 Å². The monoisotopic (exact) mass is 649 g/mol. The maximum Gasteiger partial charge on any atom is 0.338 e. The molecule has 3 aromatic rings. The van der Waals surface area contributed by atoms with E-state index < -0.39 is 16.9 Å². The number of allylic oxidation sites excluding steroid dienone is 1. The normalized spacial score (nSPS) is 15.1. The molecule has 1 aromatic heterocycles. The number of thiazole rings is 1. The molecule has 12 heteroatoms. The maximum atomic E-state index is 13.8. The second kappa shape index (κ2) is 11.1. The van der Waals surface area contributed by atoms with Crippen LogP contribution in [0.15, 0.2) is 51.4 Å². The number of nitro benzene ring substituents is 1. The molecule has 4 rings (SSSR count). The lowest BCUT2D eigenvalue weighted by Gasteiger charge is -2.24. The van der Waals surface area contributed by atoms with Crippen LogP contribution < -0.4 is 24.4 Å². The highest BCUT2D eigenvalue weighted by atomic mass is 127. The van der Waals surface area contributed by atoms with Crippen LogP contribution in [0.1, 0.15) is 36.6 Å². The Labute approximate surface area is 235 Å². The van der Waals surface area contributed by atoms with Crippen molar-refractivity contribution in [1.29, 1.82) is 0 Å². The Morgan fingerprint density at radius 2 is 1.97 bits per heavy atom. The topological polar surface area (TPSA) is 122 Å². The van der Waals surface area contributed by atoms with E-state index >= 15 is 0 Å². The highest BCUT2D eigenvalue weighted by molar-refractivity contribution is 14.1. The first kappa shape index (κ1) is 27.5. The van der Waals surface area contributed by atoms with Crippen LogP contribution in [0.4, 0.5) is 5.69 Å². The number of nitro groups is 1. The van der Waals surface area contributed by atoms with Gasteiger partial charge in [-0.1, -0.05) is 23.5 Å². The van der Waals surface area contributed by atoms with E-state index in [0.29, 0.717) is 43.2 Å². The van der Waals surface area contributed by atoms with Gasteiger partial charge in [0.25, 0.3) is 11.2 Å². The van der Waals surface area contributed by atoms with E-state index in [0.717, 1.165) is 14.9 Å². The minimum absolute atomic E-state index is 0.109. The van der Waals surface area contributed by atoms with E-state index in [4.69, 9.17) is 14.2 Å². The SMILES string of the molecule is CCOC(=O)C1=C(C)N=c2s/c(=C/c3cc(I)c(OC)c(OC)c3)c(=O)n2[C@@H]1c1ccc(C)c([N+](=O)[O-])c1. The molecule has 0 saturated heterocycles. The molecule has 0 unspecified atom stereocenters. The summed E-state index contributed by atoms with van der Waals surface area (Å²) < 4.78 is 18.7. The molecule has 1 aliphatic rings. The number of carbonyl (C=O) groups excluding carboxylic acids is 1. The van der Waals surface area contributed by atoms with Crippen molar-refractivity contribution in [3.63, 3.8) is 0 Å². The zero-order valence-corrected chi connectivity index (χ0v) is 24.2. The lowest BCUT2D eigenvalue weighted by atomic mass is 9.94. The number of benzene rings is 2. The third kappa shape index (κ3) is 4.97. The van der Waals surface area contributed by atoms with E-state index in [2.05, 4.69) is 27.6 Å². The van der Waals surface area contributed by atoms with Crippen LogP contribution >= 0.6 is 33.9 Å². The predicted octanol–water partition coefficient (Wildman–Crippen LogP) is 3.64. The Morgan fingerprint density at radius 3 is 2.61 bits per heavy atom. The van der Waals surface area contributed by atoms with Crippen molar-refractivity contribution in [1.82, 2.24) is 4.57 Å². The fourth-order valence-corrected chi connectivity index (χ4v) is 6.16. The number of esters is 1. The van der Waals surface area contributed by atoms with Gasteiger partial charge >= 0.3 is 5.97 Å². The number of methoxy groups -OCH3 is 2. The highest BCUT2D eigenvalue weighted by Gasteiger charge is 2.34. The van der Waals surface area contributed by atoms with Gasteiger partial charge in [-0.3, -0.25) is 19.5 Å². The number of aromatic nitrogens is 1. The summed E-state index contributed by atoms with van der Waals surface area (Å²) in [5.41, 5.74) is 1.62. The molecular formula is C26H24IN3O7S. The smallest absolute Gasteiger partial charge is 0.338 e. The molecule has 2 heterocycles. The van der Waals surface area contributed by atoms with E-state index in [1.54, 1.807) is 52.2 Å². The zero-order chi connectivity index (χ0) is 27.7. The standard InChI is InChI=1S/C26H24IN3O7S/c1-6-37-25(32)21-14(3)28-26-29(22(21)16-8-7-13(2)18(12-16)30(33)34)24(31)20(38-26)11-15-9-17(27)23(36-5)19(10-15)35-4/h7-12,22H,6H2,1-5H3/b20-11+/t22-/m1/s1. The Kier molecular flexibility index (Phi) is 8.02. The van der Waals surface area contributed by atoms with Crippen molar-refractivity contribution in [3.05, 3.63) is 91.7 Å². The fourth-order valence-electron chi connectivity index (χ4n) is 4.27. The van der Waals surface area contributed by atoms with E-state index in [1.807, 2.05) is 6.07 Å². The van der Waals surface area contributed by atoms with Crippen molar-refractivity contribution >= 4 is 51.7 Å². The van der Waals surface area contributed by atoms with Gasteiger partial charge in [-0.15, -0.1) is 0 Å². The molecule has 0 spiro atoms. The summed E-state index contributed by atoms with van der Waals surface area (Å²) in [7, 11) is 3.09. The highest BCUT2D eigenvalue weighted by Crippen LogP contribution is 2.35. The van der Waals surface area contributed by atoms with Gasteiger partial charge in [0.2, 0.25) is 0 Å². The average molecular weight is 649 g/mol. The van der Waals surface area contributed by atoms with Crippen LogP contribution in [0.25, 0.3) is 6.08 Å². The molecule has 2 aromatic carbocycles. The average Bonchev–Trinajstić information content (AvgIpc) is 3.17. The van der Waals surface area contributed by atoms with Gasteiger partial charge in [-0.25, -0.2) is 9.79 Å². The number of ether oxygens (including phenoxy) is 3. The number of hydrogen-bond acceptors (Lipinski definition) is 9. The predicted molar refractivity (Wildman–Crippen MR) is 150 cm³/mol. The first-order chi connectivity index (χ1) is 18.1. The Bertz CT molecular complexity index is 1670. The lowest BCUT2D eigenvalue weighted by Crippen LogP contribution is -2.40. The molecule has 0 N–H and O–H groups in total. The molecule has 0 amide bonds. The number of fused-ring (bicyclic) bond motifs is 1. The fraction of sp³-hybridized carbons (Fsp3) is 0.269. The van der Waals surface area contributed by atoms with Crippen LogP contribution in [0, 0.1) is 20.6 Å². The Hall–Kier alpha value is -3.52. The van der Waals surface area contributed by atoms with Crippen molar-refractivity contribution in [3.8, 4) is 11.5 Å². The number of halogens is 1. The summed E-state index contributed by atoms with van der Waals surface area (Å²) in [5.74, 6) is 0.469. The van der Waals surface area contributed by atoms with Gasteiger partial charge in [-0.2, -0.15) is 0 Å². The van der Waals surface area contributed by atoms with Gasteiger partial charge < -0.3 is 14.2 Å². The number of rotatable bonds is 7. The summed E-state index contributed by atoms with van der Waals surface area (Å²) >= 11 is 3.29. The van der Waals surface area contributed by atoms with Gasteiger partial charge in [0.15, 0.2) is 16.3 Å². The van der Waals surface area contributed by atoms with Gasteiger partial charge in [0.1, 0.15) is 0 Å². The maximum absolute atomic E-state index is 13.8. The van der Waals surface area contributed by atoms with Gasteiger partial charge in [0, 0.05) is 11.6 Å². The number of aryl methyl sites for hydroxylation is 1. The molecule has 1 aliphatic heterocycles. The van der Waals surface area contributed by atoms with Crippen molar-refractivity contribution in [2.45, 2.75) is 26.8 Å². The lowest BCUT2D eigenvalue weighted by molar-refractivity contribution is -0.385. The van der Waals surface area contributed by atoms with Crippen LogP contribution in [0.2, 0.25) is 0 Å². The molecule has 0 aliphatic carbocycles. The second-order valence-corrected chi connectivity index (χ2v) is 10.5. The Morgan fingerprint density at radius 1 is 1.24 bits per heavy atom. The van der Waals surface area contributed by atoms with Crippen LogP contribution in [0.3, 0.4) is 0 Å². The summed E-state index contributed by atoms with van der Waals surface area (Å²) in [5, 5.41) is 11.7. The zero-order valence-electron chi connectivity index (χ0n) is 21.2. The van der Waals surface area contributed by atoms with Crippen molar-refractivity contribution in [2.24, 2.45) is 4.99 Å². The summed E-state index contributed by atoms with van der Waals surface area (Å²) in [6.45, 7) is 5.10. The van der Waals surface area contributed by atoms with E-state index in [9.17, 15) is 19.7 Å². The number of hydrogen-bond donors (Lipinski definition) is 0. The quantitative estimate of drug-likeness (QED) is 0.166. The molecule has 1 atom stereocenters. The minimum Gasteiger partial charge on any atom is -0.493 e. The van der Waals surface area contributed by atoms with Gasteiger partial charge in [-0.05, 0) is 72.7 Å². The molecule has 0 fully saturated rings. The minimum atomic E-state index is -0.947. The van der Waals surface area contributed by atoms with E-state index in [1.165, 1.54) is 17.7 Å². The molecule has 0 saturated carbocycles. The molecular weight excluding hydrogens is 625 g/mol. The van der Waals surface area contributed by atoms with Crippen molar-refractivity contribution < 1.29 is 23.9 Å². The van der Waals surface area contributed by atoms with Crippen LogP contribution in [-0.4, -0.2) is 36.3 Å². The summed E-state index contributed by atoms with van der Waals surface area (Å²) in [6, 6.07) is 7.35. The molecule has 38 heavy (non-hydrogen) atoms. The summed E-state index contributed by atoms with van der Waals surface area (Å²) in [4.78, 5) is 42.9. The third-order valence-corrected chi connectivity index (χ3v) is 7.80. The molecule has 198 valence electrons. The first-order valence-corrected chi connectivity index (χ1v) is 13.4. The van der Waals surface area contributed by atoms with E-state index in [-0.39, 0.29) is 23.4 Å². The molecule has 0 bridgehead atoms. The molecule has 0 radical (unpaired) electrons. The van der Waals surface area contributed by atoms with Crippen LogP contribution in [-0.2, 0) is 9.53 Å². The third-order valence-electron chi connectivity index (χ3n) is 6.02. The summed E-state index contributed by atoms with van der Waals surface area (Å²) in [6.07, 6.45) is 1.71.